The smallest absolute Gasteiger partial charge is 0.338 e. The van der Waals surface area contributed by atoms with Crippen LogP contribution in [0.15, 0.2) is 53.4 Å². The van der Waals surface area contributed by atoms with E-state index in [2.05, 4.69) is 4.72 Å². The lowest BCUT2D eigenvalue weighted by Gasteiger charge is -2.10. The molecule has 0 saturated heterocycles. The number of carboxylic acid groups (broad SMARTS) is 1. The molecule has 2 rings (SSSR count). The van der Waals surface area contributed by atoms with E-state index in [4.69, 9.17) is 4.74 Å². The molecule has 0 fully saturated rings. The van der Waals surface area contributed by atoms with Crippen LogP contribution in [0.1, 0.15) is 27.6 Å². The lowest BCUT2D eigenvalue weighted by Crippen LogP contribution is -2.22. The Hall–Kier alpha value is -2.87. The van der Waals surface area contributed by atoms with Gasteiger partial charge in [0.1, 0.15) is 0 Å². The molecule has 0 spiro atoms. The minimum absolute atomic E-state index is 0.0746. The molecule has 1 N–H and O–H groups in total. The number of hydrogen-bond donors (Lipinski definition) is 1. The Morgan fingerprint density at radius 3 is 2.33 bits per heavy atom. The highest BCUT2D eigenvalue weighted by molar-refractivity contribution is 7.92. The molecular weight excluding hydrogens is 334 g/mol. The van der Waals surface area contributed by atoms with Crippen LogP contribution in [0.2, 0.25) is 0 Å². The molecule has 0 radical (unpaired) electrons. The molecule has 8 heteroatoms. The van der Waals surface area contributed by atoms with Gasteiger partial charge in [-0.05, 0) is 48.9 Å². The van der Waals surface area contributed by atoms with Crippen LogP contribution < -0.4 is 9.83 Å². The number of nitrogens with one attached hydrogen (secondary N) is 1. The summed E-state index contributed by atoms with van der Waals surface area (Å²) in [4.78, 5) is 22.3. The van der Waals surface area contributed by atoms with Gasteiger partial charge in [-0.1, -0.05) is 12.1 Å². The summed E-state index contributed by atoms with van der Waals surface area (Å²) in [6, 6.07) is 10.5. The molecular formula is C16H14NO6S-. The third-order valence-electron chi connectivity index (χ3n) is 3.03. The Balaban J connectivity index is 2.23. The molecule has 24 heavy (non-hydrogen) atoms. The van der Waals surface area contributed by atoms with Crippen LogP contribution in [-0.2, 0) is 14.8 Å². The maximum Gasteiger partial charge on any atom is 0.338 e. The average Bonchev–Trinajstić information content (AvgIpc) is 2.55. The monoisotopic (exact) mass is 348 g/mol. The number of sulfonamides is 1. The molecule has 2 aromatic carbocycles. The number of ether oxygens (including phenoxy) is 1. The summed E-state index contributed by atoms with van der Waals surface area (Å²) >= 11 is 0. The van der Waals surface area contributed by atoms with Crippen molar-refractivity contribution < 1.29 is 27.9 Å². The molecule has 2 aromatic rings. The second-order valence-corrected chi connectivity index (χ2v) is 6.40. The van der Waals surface area contributed by atoms with Gasteiger partial charge in [0.25, 0.3) is 10.0 Å². The number of hydrogen-bond acceptors (Lipinski definition) is 6. The number of anilines is 1. The predicted molar refractivity (Wildman–Crippen MR) is 84.0 cm³/mol. The Morgan fingerprint density at radius 2 is 1.75 bits per heavy atom. The molecule has 0 atom stereocenters. The van der Waals surface area contributed by atoms with Gasteiger partial charge in [-0.25, -0.2) is 13.2 Å². The second kappa shape index (κ2) is 7.14. The molecule has 0 unspecified atom stereocenters. The number of carbonyl (C=O) groups is 2. The summed E-state index contributed by atoms with van der Waals surface area (Å²) in [5.41, 5.74) is 0.175. The van der Waals surface area contributed by atoms with Crippen molar-refractivity contribution in [2.75, 3.05) is 11.3 Å². The minimum atomic E-state index is -3.93. The van der Waals surface area contributed by atoms with Crippen molar-refractivity contribution in [1.29, 1.82) is 0 Å². The van der Waals surface area contributed by atoms with Crippen molar-refractivity contribution in [3.63, 3.8) is 0 Å². The minimum Gasteiger partial charge on any atom is -0.545 e. The van der Waals surface area contributed by atoms with E-state index in [9.17, 15) is 23.1 Å². The summed E-state index contributed by atoms with van der Waals surface area (Å²) in [7, 11) is -3.93. The zero-order chi connectivity index (χ0) is 17.7. The van der Waals surface area contributed by atoms with E-state index in [1.165, 1.54) is 42.5 Å². The molecule has 0 aliphatic heterocycles. The molecule has 0 aromatic heterocycles. The first-order valence-electron chi connectivity index (χ1n) is 6.95. The van der Waals surface area contributed by atoms with Crippen LogP contribution in [0, 0.1) is 0 Å². The first-order valence-corrected chi connectivity index (χ1v) is 8.43. The largest absolute Gasteiger partial charge is 0.545 e. The van der Waals surface area contributed by atoms with Gasteiger partial charge in [0.2, 0.25) is 0 Å². The number of esters is 1. The van der Waals surface area contributed by atoms with Crippen LogP contribution in [0.3, 0.4) is 0 Å². The van der Waals surface area contributed by atoms with Gasteiger partial charge in [-0.2, -0.15) is 0 Å². The van der Waals surface area contributed by atoms with Crippen molar-refractivity contribution in [1.82, 2.24) is 0 Å². The topological polar surface area (TPSA) is 113 Å². The maximum atomic E-state index is 12.3. The Labute approximate surface area is 138 Å². The molecule has 0 heterocycles. The molecule has 0 aliphatic rings. The highest BCUT2D eigenvalue weighted by Gasteiger charge is 2.15. The van der Waals surface area contributed by atoms with E-state index >= 15 is 0 Å². The van der Waals surface area contributed by atoms with Crippen molar-refractivity contribution in [3.8, 4) is 0 Å². The van der Waals surface area contributed by atoms with E-state index in [0.29, 0.717) is 0 Å². The predicted octanol–water partition coefficient (Wildman–Crippen LogP) is 1.03. The van der Waals surface area contributed by atoms with E-state index in [0.717, 1.165) is 6.07 Å². The van der Waals surface area contributed by atoms with Crippen molar-refractivity contribution in [3.05, 3.63) is 59.7 Å². The van der Waals surface area contributed by atoms with Crippen LogP contribution in [0.5, 0.6) is 0 Å². The Bertz CT molecular complexity index is 858. The first kappa shape index (κ1) is 17.5. The van der Waals surface area contributed by atoms with E-state index < -0.39 is 22.0 Å². The number of aromatic carboxylic acids is 1. The third-order valence-corrected chi connectivity index (χ3v) is 4.42. The fraction of sp³-hybridized carbons (Fsp3) is 0.125. The lowest BCUT2D eigenvalue weighted by molar-refractivity contribution is -0.255. The Kier molecular flexibility index (Phi) is 5.20. The van der Waals surface area contributed by atoms with Crippen LogP contribution in [0.4, 0.5) is 5.69 Å². The van der Waals surface area contributed by atoms with E-state index in [1.54, 1.807) is 6.92 Å². The summed E-state index contributed by atoms with van der Waals surface area (Å²) in [5, 5.41) is 10.8. The highest BCUT2D eigenvalue weighted by Crippen LogP contribution is 2.18. The normalized spacial score (nSPS) is 10.9. The molecule has 0 amide bonds. The SMILES string of the molecule is CCOC(=O)c1ccc(S(=O)(=O)Nc2cccc(C(=O)[O-])c2)cc1. The summed E-state index contributed by atoms with van der Waals surface area (Å²) in [6.45, 7) is 1.89. The van der Waals surface area contributed by atoms with Crippen molar-refractivity contribution in [2.24, 2.45) is 0 Å². The second-order valence-electron chi connectivity index (χ2n) is 4.72. The van der Waals surface area contributed by atoms with Gasteiger partial charge >= 0.3 is 5.97 Å². The zero-order valence-corrected chi connectivity index (χ0v) is 13.5. The molecule has 0 bridgehead atoms. The van der Waals surface area contributed by atoms with Crippen LogP contribution in [-0.4, -0.2) is 27.0 Å². The summed E-state index contributed by atoms with van der Waals surface area (Å²) < 4.78 is 31.7. The van der Waals surface area contributed by atoms with Gasteiger partial charge < -0.3 is 14.6 Å². The van der Waals surface area contributed by atoms with Gasteiger partial charge in [-0.15, -0.1) is 0 Å². The average molecular weight is 348 g/mol. The number of carboxylic acids is 1. The van der Waals surface area contributed by atoms with Gasteiger partial charge in [0.15, 0.2) is 0 Å². The highest BCUT2D eigenvalue weighted by atomic mass is 32.2. The Morgan fingerprint density at radius 1 is 1.08 bits per heavy atom. The summed E-state index contributed by atoms with van der Waals surface area (Å²) in [6.07, 6.45) is 0. The van der Waals surface area contributed by atoms with E-state index in [-0.39, 0.29) is 28.3 Å². The van der Waals surface area contributed by atoms with Crippen LogP contribution >= 0.6 is 0 Å². The van der Waals surface area contributed by atoms with Crippen molar-refractivity contribution >= 4 is 27.6 Å². The standard InChI is InChI=1S/C16H15NO6S/c1-2-23-16(20)11-6-8-14(9-7-11)24(21,22)17-13-5-3-4-12(10-13)15(18)19/h3-10,17H,2H2,1H3,(H,18,19)/p-1. The van der Waals surface area contributed by atoms with Gasteiger partial charge in [-0.3, -0.25) is 4.72 Å². The molecule has 0 saturated carbocycles. The lowest BCUT2D eigenvalue weighted by atomic mass is 10.2. The van der Waals surface area contributed by atoms with Crippen LogP contribution in [0.25, 0.3) is 0 Å². The first-order chi connectivity index (χ1) is 11.3. The van der Waals surface area contributed by atoms with E-state index in [1.807, 2.05) is 0 Å². The molecule has 126 valence electrons. The number of rotatable bonds is 6. The zero-order valence-electron chi connectivity index (χ0n) is 12.7. The van der Waals surface area contributed by atoms with Gasteiger partial charge in [0, 0.05) is 5.69 Å². The third kappa shape index (κ3) is 4.11. The quantitative estimate of drug-likeness (QED) is 0.780. The number of benzene rings is 2. The number of carbonyl (C=O) groups excluding carboxylic acids is 2. The maximum absolute atomic E-state index is 12.3. The van der Waals surface area contributed by atoms with Gasteiger partial charge in [0.05, 0.1) is 23.0 Å². The fourth-order valence-electron chi connectivity index (χ4n) is 1.91. The molecule has 7 nitrogen and oxygen atoms in total. The molecule has 0 aliphatic carbocycles. The fourth-order valence-corrected chi connectivity index (χ4v) is 2.96. The van der Waals surface area contributed by atoms with Crippen molar-refractivity contribution in [2.45, 2.75) is 11.8 Å². The summed E-state index contributed by atoms with van der Waals surface area (Å²) in [5.74, 6) is -1.95.